The van der Waals surface area contributed by atoms with Crippen LogP contribution < -0.4 is 30.7 Å². The quantitative estimate of drug-likeness (QED) is 0.272. The number of nitrogens with zero attached hydrogens (tertiary/aromatic N) is 3. The molecular weight excluding hydrogens is 446 g/mol. The van der Waals surface area contributed by atoms with E-state index in [-0.39, 0.29) is 6.03 Å². The van der Waals surface area contributed by atoms with Crippen molar-refractivity contribution in [1.29, 1.82) is 0 Å². The van der Waals surface area contributed by atoms with Crippen LogP contribution in [0, 0.1) is 6.92 Å². The summed E-state index contributed by atoms with van der Waals surface area (Å²) in [4.78, 5) is 25.2. The summed E-state index contributed by atoms with van der Waals surface area (Å²) in [7, 11) is 3.09. The highest BCUT2D eigenvalue weighted by Gasteiger charge is 2.08. The Kier molecular flexibility index (Phi) is 7.22. The molecule has 178 valence electrons. The largest absolute Gasteiger partial charge is 0.493 e. The van der Waals surface area contributed by atoms with Gasteiger partial charge in [0.25, 0.3) is 0 Å². The second-order valence-electron chi connectivity index (χ2n) is 7.48. The Balaban J connectivity index is 1.35. The number of urea groups is 1. The number of aryl methyl sites for hydroxylation is 1. The average Bonchev–Trinajstić information content (AvgIpc) is 2.85. The Hall–Kier alpha value is -4.86. The van der Waals surface area contributed by atoms with E-state index in [4.69, 9.17) is 9.47 Å². The molecule has 2 aromatic heterocycles. The van der Waals surface area contributed by atoms with Gasteiger partial charge in [-0.05, 0) is 61.0 Å². The number of benzene rings is 2. The number of carbonyl (C=O) groups excluding carboxylic acids is 1. The van der Waals surface area contributed by atoms with Gasteiger partial charge in [0.2, 0.25) is 0 Å². The number of aromatic nitrogens is 3. The molecule has 2 amide bonds. The van der Waals surface area contributed by atoms with Gasteiger partial charge in [-0.2, -0.15) is 0 Å². The molecule has 2 aromatic carbocycles. The van der Waals surface area contributed by atoms with E-state index in [0.29, 0.717) is 40.3 Å². The Morgan fingerprint density at radius 1 is 0.686 bits per heavy atom. The third kappa shape index (κ3) is 6.35. The number of ether oxygens (including phenoxy) is 2. The Bertz CT molecular complexity index is 1310. The molecule has 0 aliphatic rings. The number of nitrogens with one attached hydrogen (secondary N) is 4. The molecule has 4 rings (SSSR count). The minimum absolute atomic E-state index is 0.380. The predicted octanol–water partition coefficient (Wildman–Crippen LogP) is 5.33. The van der Waals surface area contributed by atoms with Gasteiger partial charge in [0, 0.05) is 35.4 Å². The molecule has 10 heteroatoms. The van der Waals surface area contributed by atoms with E-state index in [2.05, 4.69) is 36.2 Å². The Morgan fingerprint density at radius 2 is 1.31 bits per heavy atom. The maximum atomic E-state index is 12.4. The second kappa shape index (κ2) is 10.8. The lowest BCUT2D eigenvalue weighted by Crippen LogP contribution is -2.19. The number of rotatable bonds is 8. The van der Waals surface area contributed by atoms with E-state index < -0.39 is 0 Å². The first-order valence-corrected chi connectivity index (χ1v) is 10.7. The number of pyridine rings is 1. The maximum Gasteiger partial charge on any atom is 0.323 e. The predicted molar refractivity (Wildman–Crippen MR) is 136 cm³/mol. The molecule has 0 aliphatic carbocycles. The van der Waals surface area contributed by atoms with Gasteiger partial charge in [-0.1, -0.05) is 0 Å². The van der Waals surface area contributed by atoms with Crippen LogP contribution in [0.2, 0.25) is 0 Å². The van der Waals surface area contributed by atoms with Gasteiger partial charge in [-0.15, -0.1) is 0 Å². The highest BCUT2D eigenvalue weighted by molar-refractivity contribution is 6.00. The van der Waals surface area contributed by atoms with Crippen molar-refractivity contribution in [1.82, 2.24) is 15.0 Å². The van der Waals surface area contributed by atoms with Crippen LogP contribution in [0.5, 0.6) is 11.5 Å². The summed E-state index contributed by atoms with van der Waals surface area (Å²) in [5, 5.41) is 11.9. The molecule has 4 aromatic rings. The lowest BCUT2D eigenvalue weighted by Gasteiger charge is -2.12. The van der Waals surface area contributed by atoms with Crippen molar-refractivity contribution in [2.75, 3.05) is 35.5 Å². The second-order valence-corrected chi connectivity index (χ2v) is 7.48. The van der Waals surface area contributed by atoms with Crippen LogP contribution >= 0.6 is 0 Å². The minimum atomic E-state index is -0.380. The van der Waals surface area contributed by atoms with E-state index in [1.807, 2.05) is 31.2 Å². The lowest BCUT2D eigenvalue weighted by molar-refractivity contribution is 0.262. The summed E-state index contributed by atoms with van der Waals surface area (Å²) < 4.78 is 10.5. The van der Waals surface area contributed by atoms with Crippen molar-refractivity contribution >= 4 is 40.5 Å². The summed E-state index contributed by atoms with van der Waals surface area (Å²) in [6, 6.07) is 17.6. The van der Waals surface area contributed by atoms with E-state index in [1.165, 1.54) is 13.4 Å². The molecular formula is C25H25N7O3. The van der Waals surface area contributed by atoms with Crippen LogP contribution in [0.15, 0.2) is 73.2 Å². The van der Waals surface area contributed by atoms with Gasteiger partial charge >= 0.3 is 6.03 Å². The molecule has 0 fully saturated rings. The zero-order chi connectivity index (χ0) is 24.6. The third-order valence-electron chi connectivity index (χ3n) is 4.90. The number of amides is 2. The maximum absolute atomic E-state index is 12.4. The molecule has 10 nitrogen and oxygen atoms in total. The smallest absolute Gasteiger partial charge is 0.323 e. The van der Waals surface area contributed by atoms with E-state index in [1.54, 1.807) is 49.7 Å². The molecule has 0 saturated carbocycles. The molecule has 35 heavy (non-hydrogen) atoms. The van der Waals surface area contributed by atoms with Crippen molar-refractivity contribution < 1.29 is 14.3 Å². The number of hydrogen-bond acceptors (Lipinski definition) is 8. The van der Waals surface area contributed by atoms with Crippen LogP contribution in [-0.2, 0) is 0 Å². The zero-order valence-corrected chi connectivity index (χ0v) is 19.5. The van der Waals surface area contributed by atoms with Gasteiger partial charge in [-0.25, -0.2) is 19.7 Å². The van der Waals surface area contributed by atoms with Gasteiger partial charge in [0.15, 0.2) is 11.5 Å². The highest BCUT2D eigenvalue weighted by atomic mass is 16.5. The van der Waals surface area contributed by atoms with Gasteiger partial charge in [0.05, 0.1) is 14.2 Å². The standard InChI is InChI=1S/C25H25N7O3/c1-16-10-11-26-22(12-16)32-24-14-23(27-15-28-24)29-17-4-6-18(7-5-17)30-25(33)31-19-8-9-20(34-2)21(13-19)35-3/h4-15H,1-3H3,(H2,30,31,33)(H2,26,27,28,29,32). The molecule has 0 aliphatic heterocycles. The van der Waals surface area contributed by atoms with Gasteiger partial charge in [-0.3, -0.25) is 0 Å². The van der Waals surface area contributed by atoms with Crippen LogP contribution in [-0.4, -0.2) is 35.2 Å². The normalized spacial score (nSPS) is 10.3. The number of hydrogen-bond donors (Lipinski definition) is 4. The summed E-state index contributed by atoms with van der Waals surface area (Å²) >= 11 is 0. The zero-order valence-electron chi connectivity index (χ0n) is 19.5. The van der Waals surface area contributed by atoms with Crippen molar-refractivity contribution in [3.63, 3.8) is 0 Å². The first-order valence-electron chi connectivity index (χ1n) is 10.7. The SMILES string of the molecule is COc1ccc(NC(=O)Nc2ccc(Nc3cc(Nc4cc(C)ccn4)ncn3)cc2)cc1OC. The molecule has 0 atom stereocenters. The average molecular weight is 472 g/mol. The Morgan fingerprint density at radius 3 is 2.03 bits per heavy atom. The molecule has 0 spiro atoms. The molecule has 0 unspecified atom stereocenters. The molecule has 0 bridgehead atoms. The number of carbonyl (C=O) groups is 1. The number of methoxy groups -OCH3 is 2. The molecule has 2 heterocycles. The molecule has 0 saturated heterocycles. The van der Waals surface area contributed by atoms with Crippen LogP contribution in [0.4, 0.5) is 39.3 Å². The first kappa shape index (κ1) is 23.3. The van der Waals surface area contributed by atoms with Gasteiger partial charge < -0.3 is 30.7 Å². The molecule has 4 N–H and O–H groups in total. The summed E-state index contributed by atoms with van der Waals surface area (Å²) in [6.07, 6.45) is 3.20. The third-order valence-corrected chi connectivity index (χ3v) is 4.90. The van der Waals surface area contributed by atoms with E-state index >= 15 is 0 Å². The van der Waals surface area contributed by atoms with E-state index in [0.717, 1.165) is 11.3 Å². The fraction of sp³-hybridized carbons (Fsp3) is 0.120. The van der Waals surface area contributed by atoms with Crippen molar-refractivity contribution in [3.8, 4) is 11.5 Å². The van der Waals surface area contributed by atoms with Crippen LogP contribution in [0.1, 0.15) is 5.56 Å². The summed E-state index contributed by atoms with van der Waals surface area (Å²) in [5.41, 5.74) is 3.10. The fourth-order valence-electron chi connectivity index (χ4n) is 3.22. The van der Waals surface area contributed by atoms with E-state index in [9.17, 15) is 4.79 Å². The van der Waals surface area contributed by atoms with Gasteiger partial charge in [0.1, 0.15) is 23.8 Å². The summed E-state index contributed by atoms with van der Waals surface area (Å²) in [6.45, 7) is 2.00. The number of anilines is 6. The Labute approximate surface area is 202 Å². The lowest BCUT2D eigenvalue weighted by atomic mass is 10.2. The van der Waals surface area contributed by atoms with Crippen molar-refractivity contribution in [3.05, 3.63) is 78.8 Å². The topological polar surface area (TPSA) is 122 Å². The monoisotopic (exact) mass is 471 g/mol. The summed E-state index contributed by atoms with van der Waals surface area (Å²) in [5.74, 6) is 3.04. The van der Waals surface area contributed by atoms with Crippen LogP contribution in [0.25, 0.3) is 0 Å². The minimum Gasteiger partial charge on any atom is -0.493 e. The van der Waals surface area contributed by atoms with Crippen LogP contribution in [0.3, 0.4) is 0 Å². The van der Waals surface area contributed by atoms with Crippen molar-refractivity contribution in [2.24, 2.45) is 0 Å². The highest BCUT2D eigenvalue weighted by Crippen LogP contribution is 2.30. The first-order chi connectivity index (χ1) is 17.0. The van der Waals surface area contributed by atoms with Crippen molar-refractivity contribution in [2.45, 2.75) is 6.92 Å². The fourth-order valence-corrected chi connectivity index (χ4v) is 3.22. The molecule has 0 radical (unpaired) electrons.